The predicted molar refractivity (Wildman–Crippen MR) is 83.3 cm³/mol. The van der Waals surface area contributed by atoms with Crippen LogP contribution in [0.1, 0.15) is 16.3 Å². The van der Waals surface area contributed by atoms with Crippen molar-refractivity contribution < 1.29 is 0 Å². The number of thiazole rings is 1. The molecule has 0 saturated heterocycles. The van der Waals surface area contributed by atoms with E-state index in [1.165, 1.54) is 0 Å². The van der Waals surface area contributed by atoms with Crippen LogP contribution in [0.25, 0.3) is 16.3 Å². The zero-order valence-electron chi connectivity index (χ0n) is 11.7. The molecular formula is C15H16N4S. The summed E-state index contributed by atoms with van der Waals surface area (Å²) in [7, 11) is 0. The van der Waals surface area contributed by atoms with Gasteiger partial charge in [0.15, 0.2) is 0 Å². The Hall–Kier alpha value is -2.14. The lowest BCUT2D eigenvalue weighted by molar-refractivity contribution is 0.895. The first-order valence-electron chi connectivity index (χ1n) is 6.43. The summed E-state index contributed by atoms with van der Waals surface area (Å²) in [6, 6.07) is 9.93. The maximum Gasteiger partial charge on any atom is 0.130 e. The van der Waals surface area contributed by atoms with Gasteiger partial charge in [-0.25, -0.2) is 9.67 Å². The van der Waals surface area contributed by atoms with Crippen molar-refractivity contribution in [2.24, 2.45) is 0 Å². The number of nitrogen functional groups attached to an aromatic ring is 1. The molecule has 5 heteroatoms. The number of rotatable bonds is 2. The first kappa shape index (κ1) is 12.9. The van der Waals surface area contributed by atoms with Crippen LogP contribution in [0, 0.1) is 20.8 Å². The first-order valence-corrected chi connectivity index (χ1v) is 7.24. The van der Waals surface area contributed by atoms with E-state index in [1.807, 2.05) is 51.1 Å². The molecule has 0 aliphatic heterocycles. The van der Waals surface area contributed by atoms with Gasteiger partial charge in [0.25, 0.3) is 0 Å². The maximum atomic E-state index is 6.21. The molecule has 2 aromatic heterocycles. The van der Waals surface area contributed by atoms with Crippen molar-refractivity contribution in [3.05, 3.63) is 46.6 Å². The zero-order valence-corrected chi connectivity index (χ0v) is 12.5. The standard InChI is InChI=1S/C15H16N4S/c1-9-13(14-10(2)17-11(3)20-14)18-19(15(9)16)12-7-5-4-6-8-12/h4-8H,16H2,1-3H3. The molecule has 0 unspecified atom stereocenters. The Morgan fingerprint density at radius 1 is 1.10 bits per heavy atom. The van der Waals surface area contributed by atoms with Crippen molar-refractivity contribution in [3.63, 3.8) is 0 Å². The van der Waals surface area contributed by atoms with Crippen LogP contribution in [0.15, 0.2) is 30.3 Å². The predicted octanol–water partition coefficient (Wildman–Crippen LogP) is 3.50. The first-order chi connectivity index (χ1) is 9.58. The van der Waals surface area contributed by atoms with Crippen LogP contribution in [-0.2, 0) is 0 Å². The minimum absolute atomic E-state index is 0.677. The summed E-state index contributed by atoms with van der Waals surface area (Å²) in [5, 5.41) is 5.73. The maximum absolute atomic E-state index is 6.21. The number of nitrogens with zero attached hydrogens (tertiary/aromatic N) is 3. The average molecular weight is 284 g/mol. The van der Waals surface area contributed by atoms with Crippen LogP contribution in [0.2, 0.25) is 0 Å². The summed E-state index contributed by atoms with van der Waals surface area (Å²) < 4.78 is 1.79. The number of hydrogen-bond donors (Lipinski definition) is 1. The topological polar surface area (TPSA) is 56.7 Å². The highest BCUT2D eigenvalue weighted by molar-refractivity contribution is 7.15. The molecule has 0 aliphatic carbocycles. The fraction of sp³-hybridized carbons (Fsp3) is 0.200. The Morgan fingerprint density at radius 2 is 1.80 bits per heavy atom. The van der Waals surface area contributed by atoms with E-state index in [4.69, 9.17) is 5.73 Å². The molecule has 4 nitrogen and oxygen atoms in total. The Bertz CT molecular complexity index is 756. The van der Waals surface area contributed by atoms with Crippen molar-refractivity contribution in [1.29, 1.82) is 0 Å². The number of aromatic nitrogens is 3. The lowest BCUT2D eigenvalue weighted by Gasteiger charge is -2.02. The molecule has 0 saturated carbocycles. The van der Waals surface area contributed by atoms with Crippen LogP contribution >= 0.6 is 11.3 Å². The Morgan fingerprint density at radius 3 is 2.40 bits per heavy atom. The van der Waals surface area contributed by atoms with Crippen LogP contribution < -0.4 is 5.73 Å². The second kappa shape index (κ2) is 4.76. The van der Waals surface area contributed by atoms with E-state index in [1.54, 1.807) is 16.0 Å². The monoisotopic (exact) mass is 284 g/mol. The Balaban J connectivity index is 2.18. The second-order valence-electron chi connectivity index (χ2n) is 4.75. The lowest BCUT2D eigenvalue weighted by atomic mass is 10.2. The molecule has 3 aromatic rings. The third-order valence-corrected chi connectivity index (χ3v) is 4.37. The Kier molecular flexibility index (Phi) is 3.06. The molecule has 0 radical (unpaired) electrons. The molecule has 3 rings (SSSR count). The Labute approximate surface area is 121 Å². The van der Waals surface area contributed by atoms with Gasteiger partial charge in [0.2, 0.25) is 0 Å². The highest BCUT2D eigenvalue weighted by atomic mass is 32.1. The third kappa shape index (κ3) is 2.00. The normalized spacial score (nSPS) is 10.9. The van der Waals surface area contributed by atoms with Gasteiger partial charge >= 0.3 is 0 Å². The molecule has 0 bridgehead atoms. The summed E-state index contributed by atoms with van der Waals surface area (Å²) >= 11 is 1.66. The minimum Gasteiger partial charge on any atom is -0.383 e. The smallest absolute Gasteiger partial charge is 0.130 e. The van der Waals surface area contributed by atoms with Crippen LogP contribution in [0.3, 0.4) is 0 Å². The molecule has 20 heavy (non-hydrogen) atoms. The molecule has 2 N–H and O–H groups in total. The molecule has 0 aliphatic rings. The minimum atomic E-state index is 0.677. The van der Waals surface area contributed by atoms with E-state index in [-0.39, 0.29) is 0 Å². The third-order valence-electron chi connectivity index (χ3n) is 3.29. The van der Waals surface area contributed by atoms with Crippen molar-refractivity contribution in [2.45, 2.75) is 20.8 Å². The lowest BCUT2D eigenvalue weighted by Crippen LogP contribution is -2.01. The summed E-state index contributed by atoms with van der Waals surface area (Å²) in [5.74, 6) is 0.677. The number of hydrogen-bond acceptors (Lipinski definition) is 4. The van der Waals surface area contributed by atoms with Gasteiger partial charge in [-0.3, -0.25) is 0 Å². The van der Waals surface area contributed by atoms with Gasteiger partial charge in [0.1, 0.15) is 11.5 Å². The van der Waals surface area contributed by atoms with Gasteiger partial charge in [0.05, 0.1) is 21.3 Å². The SMILES string of the molecule is Cc1nc(C)c(-c2nn(-c3ccccc3)c(N)c2C)s1. The molecular weight excluding hydrogens is 268 g/mol. The largest absolute Gasteiger partial charge is 0.383 e. The van der Waals surface area contributed by atoms with E-state index in [0.29, 0.717) is 5.82 Å². The summed E-state index contributed by atoms with van der Waals surface area (Å²) in [5.41, 5.74) is 10.1. The quantitative estimate of drug-likeness (QED) is 0.783. The number of para-hydroxylation sites is 1. The van der Waals surface area contributed by atoms with Gasteiger partial charge < -0.3 is 5.73 Å². The van der Waals surface area contributed by atoms with E-state index in [9.17, 15) is 0 Å². The van der Waals surface area contributed by atoms with Crippen molar-refractivity contribution in [2.75, 3.05) is 5.73 Å². The molecule has 0 atom stereocenters. The highest BCUT2D eigenvalue weighted by Crippen LogP contribution is 2.34. The summed E-state index contributed by atoms with van der Waals surface area (Å²) in [6.07, 6.45) is 0. The van der Waals surface area contributed by atoms with Gasteiger partial charge in [-0.05, 0) is 32.9 Å². The number of benzene rings is 1. The number of anilines is 1. The molecule has 0 spiro atoms. The number of nitrogens with two attached hydrogens (primary N) is 1. The highest BCUT2D eigenvalue weighted by Gasteiger charge is 2.18. The molecule has 0 fully saturated rings. The van der Waals surface area contributed by atoms with E-state index in [2.05, 4.69) is 10.1 Å². The van der Waals surface area contributed by atoms with Crippen LogP contribution in [-0.4, -0.2) is 14.8 Å². The van der Waals surface area contributed by atoms with Crippen LogP contribution in [0.5, 0.6) is 0 Å². The van der Waals surface area contributed by atoms with E-state index < -0.39 is 0 Å². The fourth-order valence-electron chi connectivity index (χ4n) is 2.24. The van der Waals surface area contributed by atoms with Gasteiger partial charge in [0, 0.05) is 5.56 Å². The summed E-state index contributed by atoms with van der Waals surface area (Å²) in [6.45, 7) is 6.02. The molecule has 1 aromatic carbocycles. The second-order valence-corrected chi connectivity index (χ2v) is 5.96. The van der Waals surface area contributed by atoms with E-state index >= 15 is 0 Å². The molecule has 0 amide bonds. The molecule has 102 valence electrons. The fourth-order valence-corrected chi connectivity index (χ4v) is 3.20. The van der Waals surface area contributed by atoms with Crippen molar-refractivity contribution in [1.82, 2.24) is 14.8 Å². The van der Waals surface area contributed by atoms with Gasteiger partial charge in [-0.2, -0.15) is 5.10 Å². The van der Waals surface area contributed by atoms with Gasteiger partial charge in [-0.1, -0.05) is 18.2 Å². The average Bonchev–Trinajstić information content (AvgIpc) is 2.92. The zero-order chi connectivity index (χ0) is 14.3. The van der Waals surface area contributed by atoms with Crippen molar-refractivity contribution in [3.8, 4) is 16.3 Å². The van der Waals surface area contributed by atoms with Gasteiger partial charge in [-0.15, -0.1) is 11.3 Å². The van der Waals surface area contributed by atoms with Crippen molar-refractivity contribution >= 4 is 17.2 Å². The van der Waals surface area contributed by atoms with Crippen LogP contribution in [0.4, 0.5) is 5.82 Å². The molecule has 2 heterocycles. The summed E-state index contributed by atoms with van der Waals surface area (Å²) in [4.78, 5) is 5.57. The van der Waals surface area contributed by atoms with E-state index in [0.717, 1.165) is 32.5 Å². The number of aryl methyl sites for hydroxylation is 2.